The van der Waals surface area contributed by atoms with Crippen molar-refractivity contribution in [1.82, 2.24) is 15.6 Å². The predicted molar refractivity (Wildman–Crippen MR) is 107 cm³/mol. The van der Waals surface area contributed by atoms with Crippen LogP contribution in [0.5, 0.6) is 0 Å². The number of aliphatic imine (C=N–C) groups is 1. The molecule has 3 unspecified atom stereocenters. The molecule has 1 aromatic rings. The van der Waals surface area contributed by atoms with Gasteiger partial charge in [0, 0.05) is 56.4 Å². The topological polar surface area (TPSA) is 61.8 Å². The number of anilines is 1. The van der Waals surface area contributed by atoms with Gasteiger partial charge in [-0.05, 0) is 44.2 Å². The molecule has 0 bridgehead atoms. The Morgan fingerprint density at radius 3 is 2.74 bits per heavy atom. The number of pyridine rings is 1. The minimum absolute atomic E-state index is 0.390. The van der Waals surface area contributed by atoms with Crippen LogP contribution in [0, 0.1) is 11.3 Å². The van der Waals surface area contributed by atoms with Crippen LogP contribution in [0.15, 0.2) is 29.4 Å². The lowest BCUT2D eigenvalue weighted by Gasteiger charge is -2.63. The second-order valence-corrected chi connectivity index (χ2v) is 8.62. The van der Waals surface area contributed by atoms with E-state index in [4.69, 9.17) is 4.74 Å². The molecule has 146 valence electrons. The molecule has 1 spiro atoms. The molecule has 3 atom stereocenters. The van der Waals surface area contributed by atoms with Crippen molar-refractivity contribution in [2.75, 3.05) is 31.6 Å². The van der Waals surface area contributed by atoms with Gasteiger partial charge in [-0.1, -0.05) is 12.5 Å². The molecule has 0 amide bonds. The maximum atomic E-state index is 6.05. The predicted octanol–water partition coefficient (Wildman–Crippen LogP) is 2.17. The van der Waals surface area contributed by atoms with E-state index in [0.29, 0.717) is 29.5 Å². The van der Waals surface area contributed by atoms with Gasteiger partial charge in [-0.3, -0.25) is 4.99 Å². The summed E-state index contributed by atoms with van der Waals surface area (Å²) in [6.45, 7) is 3.02. The van der Waals surface area contributed by atoms with Gasteiger partial charge in [0.2, 0.25) is 0 Å². The first kappa shape index (κ1) is 17.3. The number of ether oxygens (including phenoxy) is 1. The maximum Gasteiger partial charge on any atom is 0.191 e. The van der Waals surface area contributed by atoms with Crippen LogP contribution in [0.25, 0.3) is 0 Å². The van der Waals surface area contributed by atoms with Gasteiger partial charge in [-0.25, -0.2) is 4.98 Å². The fraction of sp³-hybridized carbons (Fsp3) is 0.714. The van der Waals surface area contributed by atoms with Gasteiger partial charge in [0.25, 0.3) is 0 Å². The van der Waals surface area contributed by atoms with Crippen molar-refractivity contribution in [3.05, 3.63) is 24.4 Å². The van der Waals surface area contributed by atoms with Crippen molar-refractivity contribution >= 4 is 11.8 Å². The zero-order valence-corrected chi connectivity index (χ0v) is 16.2. The van der Waals surface area contributed by atoms with Crippen molar-refractivity contribution in [3.63, 3.8) is 0 Å². The standard InChI is InChI=1S/C21H31N5O/c1-22-20(25-18-16-8-14-27-19(16)21(18)9-4-10-21)24-15-6-12-26(13-7-15)17-5-2-3-11-23-17/h2-3,5,11,15-16,18-19H,4,6-10,12-14H2,1H3,(H2,22,24,25). The lowest BCUT2D eigenvalue weighted by atomic mass is 9.46. The number of nitrogens with one attached hydrogen (secondary N) is 2. The van der Waals surface area contributed by atoms with Crippen LogP contribution in [0.4, 0.5) is 5.82 Å². The molecule has 3 heterocycles. The Bertz CT molecular complexity index is 681. The third-order valence-electron chi connectivity index (χ3n) is 7.36. The summed E-state index contributed by atoms with van der Waals surface area (Å²) in [5.41, 5.74) is 0.390. The van der Waals surface area contributed by atoms with Gasteiger partial charge in [-0.2, -0.15) is 0 Å². The highest BCUT2D eigenvalue weighted by Gasteiger charge is 2.66. The van der Waals surface area contributed by atoms with Gasteiger partial charge in [0.1, 0.15) is 5.82 Å². The van der Waals surface area contributed by atoms with Crippen LogP contribution >= 0.6 is 0 Å². The maximum absolute atomic E-state index is 6.05. The Labute approximate surface area is 161 Å². The third-order valence-corrected chi connectivity index (χ3v) is 7.36. The van der Waals surface area contributed by atoms with E-state index in [1.807, 2.05) is 19.3 Å². The van der Waals surface area contributed by atoms with Gasteiger partial charge < -0.3 is 20.3 Å². The van der Waals surface area contributed by atoms with Crippen molar-refractivity contribution in [2.24, 2.45) is 16.3 Å². The van der Waals surface area contributed by atoms with E-state index in [1.54, 1.807) is 0 Å². The Balaban J connectivity index is 1.16. The summed E-state index contributed by atoms with van der Waals surface area (Å²) >= 11 is 0. The Kier molecular flexibility index (Phi) is 4.46. The second-order valence-electron chi connectivity index (χ2n) is 8.62. The van der Waals surface area contributed by atoms with Crippen LogP contribution in [-0.2, 0) is 4.74 Å². The molecule has 0 radical (unpaired) electrons. The van der Waals surface area contributed by atoms with Gasteiger partial charge in [-0.15, -0.1) is 0 Å². The van der Waals surface area contributed by atoms with Crippen molar-refractivity contribution in [1.29, 1.82) is 0 Å². The molecule has 6 heteroatoms. The number of aromatic nitrogens is 1. The molecule has 6 nitrogen and oxygen atoms in total. The fourth-order valence-corrected chi connectivity index (χ4v) is 5.76. The van der Waals surface area contributed by atoms with Crippen molar-refractivity contribution in [3.8, 4) is 0 Å². The summed E-state index contributed by atoms with van der Waals surface area (Å²) in [7, 11) is 1.90. The van der Waals surface area contributed by atoms with E-state index in [9.17, 15) is 0 Å². The molecule has 0 aromatic carbocycles. The van der Waals surface area contributed by atoms with Crippen LogP contribution < -0.4 is 15.5 Å². The van der Waals surface area contributed by atoms with Crippen LogP contribution in [0.3, 0.4) is 0 Å². The molecule has 2 aliphatic heterocycles. The molecular weight excluding hydrogens is 338 g/mol. The van der Waals surface area contributed by atoms with E-state index in [2.05, 4.69) is 37.6 Å². The summed E-state index contributed by atoms with van der Waals surface area (Å²) in [6, 6.07) is 7.15. The minimum Gasteiger partial charge on any atom is -0.377 e. The molecule has 4 aliphatic rings. The fourth-order valence-electron chi connectivity index (χ4n) is 5.76. The van der Waals surface area contributed by atoms with Crippen LogP contribution in [0.1, 0.15) is 38.5 Å². The number of hydrogen-bond donors (Lipinski definition) is 2. The first-order chi connectivity index (χ1) is 13.3. The number of nitrogens with zero attached hydrogens (tertiary/aromatic N) is 3. The monoisotopic (exact) mass is 369 g/mol. The SMILES string of the molecule is CN=C(NC1CCN(c2ccccn2)CC1)NC1C2CCOC2C12CCC2. The van der Waals surface area contributed by atoms with E-state index < -0.39 is 0 Å². The molecule has 4 fully saturated rings. The van der Waals surface area contributed by atoms with E-state index >= 15 is 0 Å². The average Bonchev–Trinajstić information content (AvgIpc) is 3.10. The average molecular weight is 370 g/mol. The summed E-state index contributed by atoms with van der Waals surface area (Å²) in [5, 5.41) is 7.48. The largest absolute Gasteiger partial charge is 0.377 e. The summed E-state index contributed by atoms with van der Waals surface area (Å²) in [5.74, 6) is 2.75. The van der Waals surface area contributed by atoms with Gasteiger partial charge in [0.05, 0.1) is 6.10 Å². The minimum atomic E-state index is 0.390. The van der Waals surface area contributed by atoms with Crippen molar-refractivity contribution < 1.29 is 4.74 Å². The lowest BCUT2D eigenvalue weighted by Crippen LogP contribution is -2.72. The lowest BCUT2D eigenvalue weighted by molar-refractivity contribution is -0.171. The highest BCUT2D eigenvalue weighted by atomic mass is 16.5. The van der Waals surface area contributed by atoms with E-state index in [0.717, 1.165) is 44.3 Å². The first-order valence-electron chi connectivity index (χ1n) is 10.6. The summed E-state index contributed by atoms with van der Waals surface area (Å²) in [6.07, 6.45) is 9.77. The first-order valence-corrected chi connectivity index (χ1v) is 10.6. The Morgan fingerprint density at radius 2 is 2.07 bits per heavy atom. The van der Waals surface area contributed by atoms with Crippen molar-refractivity contribution in [2.45, 2.75) is 56.7 Å². The third kappa shape index (κ3) is 2.89. The number of piperidine rings is 1. The Morgan fingerprint density at radius 1 is 1.22 bits per heavy atom. The van der Waals surface area contributed by atoms with E-state index in [-0.39, 0.29) is 0 Å². The molecular formula is C21H31N5O. The Hall–Kier alpha value is -1.82. The molecule has 5 rings (SSSR count). The number of rotatable bonds is 3. The highest BCUT2D eigenvalue weighted by molar-refractivity contribution is 5.80. The zero-order valence-electron chi connectivity index (χ0n) is 16.2. The van der Waals surface area contributed by atoms with Gasteiger partial charge >= 0.3 is 0 Å². The number of fused-ring (bicyclic) bond motifs is 2. The molecule has 1 aromatic heterocycles. The normalized spacial score (nSPS) is 32.6. The van der Waals surface area contributed by atoms with Gasteiger partial charge in [0.15, 0.2) is 5.96 Å². The summed E-state index contributed by atoms with van der Waals surface area (Å²) < 4.78 is 6.05. The number of guanidine groups is 1. The van der Waals surface area contributed by atoms with Crippen LogP contribution in [0.2, 0.25) is 0 Å². The molecule has 2 saturated carbocycles. The van der Waals surface area contributed by atoms with Crippen LogP contribution in [-0.4, -0.2) is 55.9 Å². The molecule has 2 aliphatic carbocycles. The molecule has 2 saturated heterocycles. The molecule has 27 heavy (non-hydrogen) atoms. The number of hydrogen-bond acceptors (Lipinski definition) is 4. The zero-order chi connectivity index (χ0) is 18.3. The second kappa shape index (κ2) is 6.97. The summed E-state index contributed by atoms with van der Waals surface area (Å²) in [4.78, 5) is 11.4. The quantitative estimate of drug-likeness (QED) is 0.632. The smallest absolute Gasteiger partial charge is 0.191 e. The highest BCUT2D eigenvalue weighted by Crippen LogP contribution is 2.62. The van der Waals surface area contributed by atoms with E-state index in [1.165, 1.54) is 25.7 Å². The molecule has 2 N–H and O–H groups in total.